The van der Waals surface area contributed by atoms with Crippen LogP contribution in [0.3, 0.4) is 0 Å². The van der Waals surface area contributed by atoms with E-state index in [0.29, 0.717) is 33.7 Å². The van der Waals surface area contributed by atoms with Gasteiger partial charge in [0.2, 0.25) is 0 Å². The first kappa shape index (κ1) is 22.1. The highest BCUT2D eigenvalue weighted by Crippen LogP contribution is 2.26. The molecule has 0 aliphatic carbocycles. The Morgan fingerprint density at radius 2 is 1.97 bits per heavy atom. The summed E-state index contributed by atoms with van der Waals surface area (Å²) < 4.78 is 29.6. The third-order valence-electron chi connectivity index (χ3n) is 4.87. The second-order valence-electron chi connectivity index (χ2n) is 7.29. The van der Waals surface area contributed by atoms with Gasteiger partial charge in [-0.2, -0.15) is 5.10 Å². The predicted molar refractivity (Wildman–Crippen MR) is 128 cm³/mol. The van der Waals surface area contributed by atoms with Crippen molar-refractivity contribution in [3.8, 4) is 11.1 Å². The van der Waals surface area contributed by atoms with Gasteiger partial charge in [-0.25, -0.2) is 13.4 Å². The molecule has 0 aliphatic rings. The van der Waals surface area contributed by atoms with E-state index in [9.17, 15) is 8.42 Å². The van der Waals surface area contributed by atoms with Crippen LogP contribution in [0.4, 0.5) is 5.69 Å². The molecule has 11 heteroatoms. The van der Waals surface area contributed by atoms with Gasteiger partial charge < -0.3 is 5.73 Å². The zero-order chi connectivity index (χ0) is 23.6. The van der Waals surface area contributed by atoms with Gasteiger partial charge in [0.25, 0.3) is 10.0 Å². The fourth-order valence-electron chi connectivity index (χ4n) is 3.37. The molecule has 0 unspecified atom stereocenters. The van der Waals surface area contributed by atoms with Gasteiger partial charge in [0.05, 0.1) is 40.5 Å². The average Bonchev–Trinajstić information content (AvgIpc) is 3.15. The van der Waals surface area contributed by atoms with Crippen molar-refractivity contribution in [2.75, 3.05) is 11.8 Å². The van der Waals surface area contributed by atoms with E-state index in [-0.39, 0.29) is 4.90 Å². The molecule has 3 heterocycles. The fraction of sp³-hybridized carbons (Fsp3) is 0.136. The van der Waals surface area contributed by atoms with Gasteiger partial charge in [-0.3, -0.25) is 24.4 Å². The van der Waals surface area contributed by atoms with Crippen LogP contribution in [0.5, 0.6) is 0 Å². The minimum absolute atomic E-state index is 0.114. The van der Waals surface area contributed by atoms with Gasteiger partial charge in [-0.05, 0) is 30.7 Å². The van der Waals surface area contributed by atoms with E-state index in [0.717, 1.165) is 11.1 Å². The van der Waals surface area contributed by atoms with Crippen LogP contribution >= 0.6 is 0 Å². The number of sulfonamides is 1. The summed E-state index contributed by atoms with van der Waals surface area (Å²) in [5, 5.41) is 4.10. The molecular weight excluding hydrogens is 440 g/mol. The lowest BCUT2D eigenvalue weighted by Crippen LogP contribution is -2.13. The first-order valence-electron chi connectivity index (χ1n) is 9.90. The number of aromatic nitrogens is 5. The molecule has 0 amide bonds. The Balaban J connectivity index is 1.69. The molecule has 0 saturated heterocycles. The van der Waals surface area contributed by atoms with Crippen LogP contribution in [0.25, 0.3) is 27.7 Å². The van der Waals surface area contributed by atoms with E-state index >= 15 is 0 Å². The molecule has 0 aliphatic heterocycles. The van der Waals surface area contributed by atoms with Crippen LogP contribution in [0.1, 0.15) is 11.4 Å². The molecule has 0 bridgehead atoms. The number of fused-ring (bicyclic) bond motifs is 1. The van der Waals surface area contributed by atoms with E-state index < -0.39 is 10.0 Å². The number of hydrogen-bond acceptors (Lipinski definition) is 8. The minimum Gasteiger partial charge on any atom is -0.404 e. The van der Waals surface area contributed by atoms with E-state index in [1.807, 2.05) is 18.2 Å². The number of aryl methyl sites for hydroxylation is 2. The first-order valence-corrected chi connectivity index (χ1v) is 11.4. The van der Waals surface area contributed by atoms with E-state index in [1.165, 1.54) is 23.3 Å². The van der Waals surface area contributed by atoms with Crippen LogP contribution in [-0.2, 0) is 17.1 Å². The summed E-state index contributed by atoms with van der Waals surface area (Å²) in [6, 6.07) is 7.30. The monoisotopic (exact) mass is 462 g/mol. The van der Waals surface area contributed by atoms with Crippen molar-refractivity contribution in [1.82, 2.24) is 24.7 Å². The molecular formula is C22H22N8O2S. The summed E-state index contributed by atoms with van der Waals surface area (Å²) in [5.74, 6) is 0. The number of rotatable bonds is 6. The molecule has 0 saturated carbocycles. The highest BCUT2D eigenvalue weighted by Gasteiger charge is 2.20. The Labute approximate surface area is 191 Å². The topological polar surface area (TPSA) is 141 Å². The first-order chi connectivity index (χ1) is 15.8. The minimum atomic E-state index is -3.81. The largest absolute Gasteiger partial charge is 0.404 e. The highest BCUT2D eigenvalue weighted by atomic mass is 32.2. The van der Waals surface area contributed by atoms with Crippen molar-refractivity contribution in [2.24, 2.45) is 17.8 Å². The normalized spacial score (nSPS) is 12.5. The van der Waals surface area contributed by atoms with E-state index in [4.69, 9.17) is 5.73 Å². The maximum absolute atomic E-state index is 12.8. The number of anilines is 1. The number of nitrogens with two attached hydrogens (primary N) is 1. The Kier molecular flexibility index (Phi) is 5.88. The summed E-state index contributed by atoms with van der Waals surface area (Å²) in [7, 11) is -0.484. The van der Waals surface area contributed by atoms with Crippen molar-refractivity contribution in [1.29, 1.82) is 0 Å². The van der Waals surface area contributed by atoms with Crippen molar-refractivity contribution in [2.45, 2.75) is 11.8 Å². The average molecular weight is 463 g/mol. The van der Waals surface area contributed by atoms with Crippen molar-refractivity contribution < 1.29 is 8.42 Å². The van der Waals surface area contributed by atoms with Crippen molar-refractivity contribution in [3.05, 3.63) is 66.6 Å². The fourth-order valence-corrected chi connectivity index (χ4v) is 4.62. The van der Waals surface area contributed by atoms with Gasteiger partial charge in [0, 0.05) is 50.0 Å². The molecule has 10 nitrogen and oxygen atoms in total. The second-order valence-corrected chi connectivity index (χ2v) is 8.94. The molecule has 3 N–H and O–H groups in total. The highest BCUT2D eigenvalue weighted by molar-refractivity contribution is 7.92. The Morgan fingerprint density at radius 1 is 1.15 bits per heavy atom. The number of nitrogens with one attached hydrogen (secondary N) is 1. The standard InChI is InChI=1S/C22H22N8O2S/c1-14-22(13-30(3)28-14)33(31,32)29-18-6-16(10-25-11-18)15-4-5-19-20(7-15)27-21(12-26-19)17(8-23)9-24-2/h4-13,29H,23H2,1-3H3. The number of aliphatic imine (C=N–C) groups is 1. The molecule has 0 spiro atoms. The molecule has 4 aromatic rings. The molecule has 4 rings (SSSR count). The maximum atomic E-state index is 12.8. The lowest BCUT2D eigenvalue weighted by atomic mass is 10.1. The van der Waals surface area contributed by atoms with Gasteiger partial charge in [0.1, 0.15) is 4.90 Å². The van der Waals surface area contributed by atoms with Gasteiger partial charge >= 0.3 is 0 Å². The maximum Gasteiger partial charge on any atom is 0.265 e. The van der Waals surface area contributed by atoms with Gasteiger partial charge in [0.15, 0.2) is 0 Å². The summed E-state index contributed by atoms with van der Waals surface area (Å²) in [4.78, 5) is 17.4. The summed E-state index contributed by atoms with van der Waals surface area (Å²) >= 11 is 0. The number of hydrogen-bond donors (Lipinski definition) is 2. The van der Waals surface area contributed by atoms with Crippen molar-refractivity contribution in [3.63, 3.8) is 0 Å². The third kappa shape index (κ3) is 4.58. The molecule has 1 aromatic carbocycles. The van der Waals surface area contributed by atoms with Crippen LogP contribution in [-0.4, -0.2) is 46.4 Å². The molecule has 3 aromatic heterocycles. The van der Waals surface area contributed by atoms with Gasteiger partial charge in [-0.15, -0.1) is 0 Å². The SMILES string of the molecule is CN=CC(=CN)c1cnc2ccc(-c3cncc(NS(=O)(=O)c4cn(C)nc4C)c3)cc2n1. The third-order valence-corrected chi connectivity index (χ3v) is 6.35. The predicted octanol–water partition coefficient (Wildman–Crippen LogP) is 2.53. The molecule has 33 heavy (non-hydrogen) atoms. The van der Waals surface area contributed by atoms with Crippen LogP contribution in [0.15, 0.2) is 65.1 Å². The molecule has 0 radical (unpaired) electrons. The zero-order valence-electron chi connectivity index (χ0n) is 18.3. The molecule has 0 fully saturated rings. The number of pyridine rings is 1. The summed E-state index contributed by atoms with van der Waals surface area (Å²) in [6.45, 7) is 1.64. The Morgan fingerprint density at radius 3 is 2.67 bits per heavy atom. The van der Waals surface area contributed by atoms with Gasteiger partial charge in [-0.1, -0.05) is 6.07 Å². The smallest absolute Gasteiger partial charge is 0.265 e. The summed E-state index contributed by atoms with van der Waals surface area (Å²) in [5.41, 5.74) is 10.6. The number of nitrogens with zero attached hydrogens (tertiary/aromatic N) is 6. The van der Waals surface area contributed by atoms with Crippen molar-refractivity contribution >= 4 is 38.5 Å². The van der Waals surface area contributed by atoms with E-state index in [2.05, 4.69) is 29.8 Å². The van der Waals surface area contributed by atoms with Crippen LogP contribution < -0.4 is 10.5 Å². The Hall–Kier alpha value is -4.12. The molecule has 168 valence electrons. The van der Waals surface area contributed by atoms with Crippen LogP contribution in [0.2, 0.25) is 0 Å². The Bertz CT molecular complexity index is 1510. The lowest BCUT2D eigenvalue weighted by Gasteiger charge is -2.09. The number of benzene rings is 1. The second kappa shape index (κ2) is 8.79. The molecule has 0 atom stereocenters. The van der Waals surface area contributed by atoms with Crippen LogP contribution in [0, 0.1) is 6.92 Å². The summed E-state index contributed by atoms with van der Waals surface area (Å²) in [6.07, 6.45) is 9.25. The van der Waals surface area contributed by atoms with E-state index in [1.54, 1.807) is 45.7 Å². The zero-order valence-corrected chi connectivity index (χ0v) is 19.1. The quantitative estimate of drug-likeness (QED) is 0.419. The number of allylic oxidation sites excluding steroid dienone is 1. The lowest BCUT2D eigenvalue weighted by molar-refractivity contribution is 0.600.